The van der Waals surface area contributed by atoms with Gasteiger partial charge in [-0.1, -0.05) is 0 Å². The van der Waals surface area contributed by atoms with Crippen molar-refractivity contribution in [3.05, 3.63) is 39.0 Å². The number of nitrogens with one attached hydrogen (secondary N) is 1. The SMILES string of the molecule is Cc1ncc(-c2nc(NC(C)C)cc([C@@H]3CCCN(C(=O)c4scnc4C)C3)n2)s1. The zero-order valence-corrected chi connectivity index (χ0v) is 19.3. The molecule has 0 saturated carbocycles. The fraction of sp³-hybridized carbons (Fsp3) is 0.476. The van der Waals surface area contributed by atoms with Gasteiger partial charge in [0.25, 0.3) is 5.91 Å². The van der Waals surface area contributed by atoms with Gasteiger partial charge in [-0.3, -0.25) is 4.79 Å². The Morgan fingerprint density at radius 2 is 2.10 bits per heavy atom. The highest BCUT2D eigenvalue weighted by Gasteiger charge is 2.28. The van der Waals surface area contributed by atoms with Gasteiger partial charge in [-0.15, -0.1) is 22.7 Å². The molecule has 30 heavy (non-hydrogen) atoms. The number of carbonyl (C=O) groups excluding carboxylic acids is 1. The summed E-state index contributed by atoms with van der Waals surface area (Å²) in [5, 5.41) is 4.40. The van der Waals surface area contributed by atoms with Crippen LogP contribution in [0.2, 0.25) is 0 Å². The van der Waals surface area contributed by atoms with E-state index in [4.69, 9.17) is 9.97 Å². The molecule has 158 valence electrons. The molecule has 0 aliphatic carbocycles. The Morgan fingerprint density at radius 1 is 1.27 bits per heavy atom. The number of piperidine rings is 1. The van der Waals surface area contributed by atoms with Crippen molar-refractivity contribution in [2.75, 3.05) is 18.4 Å². The number of hydrogen-bond donors (Lipinski definition) is 1. The first kappa shape index (κ1) is 20.9. The van der Waals surface area contributed by atoms with E-state index in [-0.39, 0.29) is 17.9 Å². The highest BCUT2D eigenvalue weighted by Crippen LogP contribution is 2.31. The molecular formula is C21H26N6OS2. The largest absolute Gasteiger partial charge is 0.368 e. The van der Waals surface area contributed by atoms with E-state index in [0.29, 0.717) is 12.4 Å². The first-order valence-electron chi connectivity index (χ1n) is 10.2. The molecule has 1 aliphatic rings. The molecule has 1 N–H and O–H groups in total. The lowest BCUT2D eigenvalue weighted by Crippen LogP contribution is -2.39. The van der Waals surface area contributed by atoms with E-state index in [2.05, 4.69) is 29.1 Å². The van der Waals surface area contributed by atoms with Crippen molar-refractivity contribution in [1.82, 2.24) is 24.8 Å². The Hall–Kier alpha value is -2.39. The molecule has 1 atom stereocenters. The van der Waals surface area contributed by atoms with E-state index in [1.54, 1.807) is 16.8 Å². The molecule has 1 saturated heterocycles. The van der Waals surface area contributed by atoms with Gasteiger partial charge >= 0.3 is 0 Å². The van der Waals surface area contributed by atoms with Gasteiger partial charge < -0.3 is 10.2 Å². The quantitative estimate of drug-likeness (QED) is 0.626. The van der Waals surface area contributed by atoms with Crippen LogP contribution in [0.4, 0.5) is 5.82 Å². The summed E-state index contributed by atoms with van der Waals surface area (Å²) >= 11 is 3.01. The summed E-state index contributed by atoms with van der Waals surface area (Å²) in [6.07, 6.45) is 3.80. The number of nitrogens with zero attached hydrogens (tertiary/aromatic N) is 5. The summed E-state index contributed by atoms with van der Waals surface area (Å²) in [6, 6.07) is 2.30. The Labute approximate surface area is 184 Å². The monoisotopic (exact) mass is 442 g/mol. The summed E-state index contributed by atoms with van der Waals surface area (Å²) in [4.78, 5) is 34.9. The van der Waals surface area contributed by atoms with E-state index < -0.39 is 0 Å². The standard InChI is InChI=1S/C21H26N6OS2/c1-12(2)24-18-8-16(25-20(26-18)17-9-22-14(4)30-17)15-6-5-7-27(10-15)21(28)19-13(3)23-11-29-19/h8-9,11-12,15H,5-7,10H2,1-4H3,(H,24,25,26)/t15-/m1/s1. The third-order valence-electron chi connectivity index (χ3n) is 5.09. The van der Waals surface area contributed by atoms with Gasteiger partial charge in [0.1, 0.15) is 10.7 Å². The summed E-state index contributed by atoms with van der Waals surface area (Å²) in [5.41, 5.74) is 3.52. The number of aromatic nitrogens is 4. The second-order valence-electron chi connectivity index (χ2n) is 7.90. The van der Waals surface area contributed by atoms with Crippen LogP contribution in [0.1, 0.15) is 58.7 Å². The summed E-state index contributed by atoms with van der Waals surface area (Å²) in [7, 11) is 0. The fourth-order valence-electron chi connectivity index (χ4n) is 3.67. The molecular weight excluding hydrogens is 416 g/mol. The molecule has 1 amide bonds. The minimum Gasteiger partial charge on any atom is -0.368 e. The average molecular weight is 443 g/mol. The highest BCUT2D eigenvalue weighted by atomic mass is 32.1. The molecule has 3 aromatic rings. The van der Waals surface area contributed by atoms with Crippen LogP contribution in [0.3, 0.4) is 0 Å². The first-order valence-corrected chi connectivity index (χ1v) is 11.9. The molecule has 1 aliphatic heterocycles. The lowest BCUT2D eigenvalue weighted by atomic mass is 9.94. The second-order valence-corrected chi connectivity index (χ2v) is 9.99. The van der Waals surface area contributed by atoms with Crippen molar-refractivity contribution >= 4 is 34.4 Å². The predicted octanol–water partition coefficient (Wildman–Crippen LogP) is 4.51. The first-order chi connectivity index (χ1) is 14.4. The number of anilines is 1. The van der Waals surface area contributed by atoms with Crippen molar-refractivity contribution in [2.45, 2.75) is 52.5 Å². The molecule has 3 aromatic heterocycles. The normalized spacial score (nSPS) is 16.8. The van der Waals surface area contributed by atoms with Crippen molar-refractivity contribution < 1.29 is 4.79 Å². The van der Waals surface area contributed by atoms with Gasteiger partial charge in [0.2, 0.25) is 0 Å². The molecule has 4 heterocycles. The van der Waals surface area contributed by atoms with Crippen LogP contribution in [-0.2, 0) is 0 Å². The van der Waals surface area contributed by atoms with Crippen LogP contribution in [0.5, 0.6) is 0 Å². The number of amides is 1. The molecule has 0 bridgehead atoms. The maximum Gasteiger partial charge on any atom is 0.265 e. The molecule has 9 heteroatoms. The smallest absolute Gasteiger partial charge is 0.265 e. The van der Waals surface area contributed by atoms with Gasteiger partial charge in [-0.05, 0) is 40.5 Å². The highest BCUT2D eigenvalue weighted by molar-refractivity contribution is 7.15. The molecule has 0 spiro atoms. The van der Waals surface area contributed by atoms with Crippen LogP contribution >= 0.6 is 22.7 Å². The Morgan fingerprint density at radius 3 is 2.77 bits per heavy atom. The fourth-order valence-corrected chi connectivity index (χ4v) is 5.15. The minimum absolute atomic E-state index is 0.0765. The van der Waals surface area contributed by atoms with Gasteiger partial charge in [0.05, 0.1) is 26.8 Å². The van der Waals surface area contributed by atoms with Crippen LogP contribution in [0.25, 0.3) is 10.7 Å². The predicted molar refractivity (Wildman–Crippen MR) is 121 cm³/mol. The van der Waals surface area contributed by atoms with Crippen LogP contribution in [0, 0.1) is 13.8 Å². The van der Waals surface area contributed by atoms with Crippen molar-refractivity contribution in [3.8, 4) is 10.7 Å². The van der Waals surface area contributed by atoms with Gasteiger partial charge in [0.15, 0.2) is 5.82 Å². The maximum absolute atomic E-state index is 13.0. The summed E-state index contributed by atoms with van der Waals surface area (Å²) in [6.45, 7) is 9.50. The maximum atomic E-state index is 13.0. The summed E-state index contributed by atoms with van der Waals surface area (Å²) in [5.74, 6) is 1.77. The van der Waals surface area contributed by atoms with Crippen LogP contribution < -0.4 is 5.32 Å². The number of carbonyl (C=O) groups is 1. The third-order valence-corrected chi connectivity index (χ3v) is 6.92. The van der Waals surface area contributed by atoms with E-state index >= 15 is 0 Å². The molecule has 4 rings (SSSR count). The number of rotatable bonds is 5. The molecule has 7 nitrogen and oxygen atoms in total. The van der Waals surface area contributed by atoms with Gasteiger partial charge in [-0.25, -0.2) is 19.9 Å². The Bertz CT molecular complexity index is 1040. The topological polar surface area (TPSA) is 83.9 Å². The van der Waals surface area contributed by atoms with Gasteiger partial charge in [0, 0.05) is 37.3 Å². The summed E-state index contributed by atoms with van der Waals surface area (Å²) < 4.78 is 0. The zero-order chi connectivity index (χ0) is 21.3. The number of likely N-dealkylation sites (tertiary alicyclic amines) is 1. The van der Waals surface area contributed by atoms with E-state index in [0.717, 1.165) is 51.4 Å². The molecule has 1 fully saturated rings. The number of aryl methyl sites for hydroxylation is 2. The van der Waals surface area contributed by atoms with Crippen LogP contribution in [0.15, 0.2) is 17.8 Å². The molecule has 0 radical (unpaired) electrons. The Kier molecular flexibility index (Phi) is 6.10. The van der Waals surface area contributed by atoms with Gasteiger partial charge in [-0.2, -0.15) is 0 Å². The molecule has 0 aromatic carbocycles. The number of hydrogen-bond acceptors (Lipinski definition) is 8. The van der Waals surface area contributed by atoms with Crippen LogP contribution in [-0.4, -0.2) is 49.9 Å². The van der Waals surface area contributed by atoms with E-state index in [1.165, 1.54) is 11.3 Å². The van der Waals surface area contributed by atoms with Crippen molar-refractivity contribution in [3.63, 3.8) is 0 Å². The lowest BCUT2D eigenvalue weighted by Gasteiger charge is -2.32. The van der Waals surface area contributed by atoms with E-state index in [1.807, 2.05) is 31.0 Å². The molecule has 0 unspecified atom stereocenters. The third kappa shape index (κ3) is 4.52. The minimum atomic E-state index is 0.0765. The lowest BCUT2D eigenvalue weighted by molar-refractivity contribution is 0.0710. The average Bonchev–Trinajstić information content (AvgIpc) is 3.35. The zero-order valence-electron chi connectivity index (χ0n) is 17.7. The second kappa shape index (κ2) is 8.77. The van der Waals surface area contributed by atoms with Crippen molar-refractivity contribution in [2.24, 2.45) is 0 Å². The van der Waals surface area contributed by atoms with E-state index in [9.17, 15) is 4.79 Å². The number of thiazole rings is 2. The Balaban J connectivity index is 1.63. The van der Waals surface area contributed by atoms with Crippen molar-refractivity contribution in [1.29, 1.82) is 0 Å².